The lowest BCUT2D eigenvalue weighted by atomic mass is 10.1. The van der Waals surface area contributed by atoms with Crippen molar-refractivity contribution in [2.24, 2.45) is 4.99 Å². The van der Waals surface area contributed by atoms with Gasteiger partial charge in [-0.2, -0.15) is 0 Å². The van der Waals surface area contributed by atoms with Crippen molar-refractivity contribution in [2.75, 3.05) is 13.7 Å². The summed E-state index contributed by atoms with van der Waals surface area (Å²) in [6.07, 6.45) is 1.77. The van der Waals surface area contributed by atoms with Crippen molar-refractivity contribution in [3.8, 4) is 11.5 Å². The van der Waals surface area contributed by atoms with Crippen LogP contribution in [0.15, 0.2) is 100 Å². The number of rotatable bonds is 8. The van der Waals surface area contributed by atoms with Crippen LogP contribution in [0.5, 0.6) is 11.5 Å². The SMILES string of the molecule is CCOC(=O)C1=C(O)/C(=C/c2ccc(OCc3ccccc3)c(OC)c2)SC1=Nc1ccccc1. The Kier molecular flexibility index (Phi) is 7.90. The molecular weight excluding hydrogens is 462 g/mol. The fourth-order valence-corrected chi connectivity index (χ4v) is 4.43. The van der Waals surface area contributed by atoms with Crippen molar-refractivity contribution in [3.05, 3.63) is 106 Å². The van der Waals surface area contributed by atoms with Crippen LogP contribution in [0.1, 0.15) is 18.1 Å². The van der Waals surface area contributed by atoms with E-state index < -0.39 is 5.97 Å². The van der Waals surface area contributed by atoms with Gasteiger partial charge in [-0.3, -0.25) is 0 Å². The number of aliphatic imine (C=N–C) groups is 1. The van der Waals surface area contributed by atoms with Crippen molar-refractivity contribution in [1.82, 2.24) is 0 Å². The third-order valence-corrected chi connectivity index (χ3v) is 6.10. The van der Waals surface area contributed by atoms with Crippen LogP contribution in [-0.2, 0) is 16.1 Å². The monoisotopic (exact) mass is 487 g/mol. The van der Waals surface area contributed by atoms with Gasteiger partial charge in [0.2, 0.25) is 0 Å². The molecule has 35 heavy (non-hydrogen) atoms. The van der Waals surface area contributed by atoms with E-state index in [4.69, 9.17) is 14.2 Å². The number of aliphatic hydroxyl groups is 1. The van der Waals surface area contributed by atoms with Gasteiger partial charge >= 0.3 is 5.97 Å². The van der Waals surface area contributed by atoms with E-state index in [9.17, 15) is 9.90 Å². The number of carbonyl (C=O) groups is 1. The summed E-state index contributed by atoms with van der Waals surface area (Å²) >= 11 is 1.21. The molecule has 1 aliphatic rings. The first-order valence-electron chi connectivity index (χ1n) is 11.1. The van der Waals surface area contributed by atoms with Gasteiger partial charge in [0.1, 0.15) is 23.0 Å². The maximum atomic E-state index is 12.6. The van der Waals surface area contributed by atoms with Gasteiger partial charge < -0.3 is 19.3 Å². The molecule has 0 aliphatic carbocycles. The van der Waals surface area contributed by atoms with Gasteiger partial charge in [-0.15, -0.1) is 0 Å². The molecule has 6 nitrogen and oxygen atoms in total. The van der Waals surface area contributed by atoms with Gasteiger partial charge in [0.25, 0.3) is 0 Å². The second kappa shape index (κ2) is 11.4. The molecule has 178 valence electrons. The normalized spacial score (nSPS) is 15.5. The van der Waals surface area contributed by atoms with Crippen LogP contribution in [0.2, 0.25) is 0 Å². The van der Waals surface area contributed by atoms with Crippen LogP contribution >= 0.6 is 11.8 Å². The first-order valence-corrected chi connectivity index (χ1v) is 11.9. The molecule has 0 bridgehead atoms. The van der Waals surface area contributed by atoms with E-state index >= 15 is 0 Å². The Morgan fingerprint density at radius 1 is 1.00 bits per heavy atom. The lowest BCUT2D eigenvalue weighted by Gasteiger charge is -2.11. The Hall–Kier alpha value is -3.97. The second-order valence-corrected chi connectivity index (χ2v) is 8.52. The Morgan fingerprint density at radius 3 is 2.40 bits per heavy atom. The second-order valence-electron chi connectivity index (χ2n) is 7.49. The van der Waals surface area contributed by atoms with Crippen LogP contribution in [0.4, 0.5) is 5.69 Å². The summed E-state index contributed by atoms with van der Waals surface area (Å²) in [5.74, 6) is 0.394. The third-order valence-electron chi connectivity index (χ3n) is 5.08. The summed E-state index contributed by atoms with van der Waals surface area (Å²) in [5.41, 5.74) is 2.55. The minimum absolute atomic E-state index is 0.0572. The molecule has 0 amide bonds. The number of nitrogens with zero attached hydrogens (tertiary/aromatic N) is 1. The smallest absolute Gasteiger partial charge is 0.344 e. The van der Waals surface area contributed by atoms with Gasteiger partial charge in [-0.05, 0) is 48.4 Å². The predicted octanol–water partition coefficient (Wildman–Crippen LogP) is 6.47. The number of ether oxygens (including phenoxy) is 3. The number of para-hydroxylation sites is 1. The maximum Gasteiger partial charge on any atom is 0.344 e. The molecule has 0 spiro atoms. The van der Waals surface area contributed by atoms with E-state index in [1.165, 1.54) is 11.8 Å². The minimum Gasteiger partial charge on any atom is -0.506 e. The molecule has 0 atom stereocenters. The van der Waals surface area contributed by atoms with Gasteiger partial charge in [0, 0.05) is 0 Å². The Bertz CT molecular complexity index is 1280. The Labute approximate surface area is 208 Å². The molecule has 1 aliphatic heterocycles. The molecule has 0 aromatic heterocycles. The first kappa shape index (κ1) is 24.2. The summed E-state index contributed by atoms with van der Waals surface area (Å²) in [6.45, 7) is 2.33. The summed E-state index contributed by atoms with van der Waals surface area (Å²) < 4.78 is 16.6. The standard InChI is InChI=1S/C28H25NO5S/c1-3-33-28(31)25-26(30)24(35-27(25)29-21-12-8-5-9-13-21)17-20-14-15-22(23(16-20)32-2)34-18-19-10-6-4-7-11-19/h4-17,30H,3,18H2,1-2H3/b24-17-,29-27?. The highest BCUT2D eigenvalue weighted by Crippen LogP contribution is 2.41. The largest absolute Gasteiger partial charge is 0.506 e. The lowest BCUT2D eigenvalue weighted by molar-refractivity contribution is -0.138. The maximum absolute atomic E-state index is 12.6. The highest BCUT2D eigenvalue weighted by molar-refractivity contribution is 8.18. The zero-order valence-electron chi connectivity index (χ0n) is 19.4. The minimum atomic E-state index is -0.613. The predicted molar refractivity (Wildman–Crippen MR) is 139 cm³/mol. The summed E-state index contributed by atoms with van der Waals surface area (Å²) in [7, 11) is 1.58. The van der Waals surface area contributed by atoms with E-state index in [2.05, 4.69) is 4.99 Å². The van der Waals surface area contributed by atoms with Crippen molar-refractivity contribution >= 4 is 34.5 Å². The summed E-state index contributed by atoms with van der Waals surface area (Å²) in [4.78, 5) is 17.6. The molecule has 0 radical (unpaired) electrons. The molecule has 0 saturated heterocycles. The van der Waals surface area contributed by atoms with E-state index in [0.29, 0.717) is 33.7 Å². The highest BCUT2D eigenvalue weighted by Gasteiger charge is 2.33. The number of aliphatic hydroxyl groups excluding tert-OH is 1. The topological polar surface area (TPSA) is 77.4 Å². The zero-order valence-corrected chi connectivity index (χ0v) is 20.2. The molecular formula is C28H25NO5S. The van der Waals surface area contributed by atoms with Gasteiger partial charge in [-0.1, -0.05) is 66.4 Å². The van der Waals surface area contributed by atoms with Gasteiger partial charge in [0.05, 0.1) is 24.3 Å². The molecule has 0 fully saturated rings. The number of esters is 1. The summed E-state index contributed by atoms with van der Waals surface area (Å²) in [6, 6.07) is 24.6. The fourth-order valence-electron chi connectivity index (χ4n) is 3.39. The first-order chi connectivity index (χ1) is 17.1. The van der Waals surface area contributed by atoms with Crippen LogP contribution < -0.4 is 9.47 Å². The van der Waals surface area contributed by atoms with Crippen molar-refractivity contribution in [3.63, 3.8) is 0 Å². The quantitative estimate of drug-likeness (QED) is 0.367. The zero-order chi connectivity index (χ0) is 24.6. The average Bonchev–Trinajstić information content (AvgIpc) is 3.18. The number of carbonyl (C=O) groups excluding carboxylic acids is 1. The van der Waals surface area contributed by atoms with Crippen LogP contribution in [0, 0.1) is 0 Å². The molecule has 4 rings (SSSR count). The molecule has 0 saturated carbocycles. The van der Waals surface area contributed by atoms with E-state index in [1.54, 1.807) is 20.1 Å². The lowest BCUT2D eigenvalue weighted by Crippen LogP contribution is -2.12. The van der Waals surface area contributed by atoms with Crippen LogP contribution in [0.25, 0.3) is 6.08 Å². The Balaban J connectivity index is 1.62. The van der Waals surface area contributed by atoms with E-state index in [1.807, 2.05) is 78.9 Å². The molecule has 3 aromatic carbocycles. The number of hydrogen-bond donors (Lipinski definition) is 1. The fraction of sp³-hybridized carbons (Fsp3) is 0.143. The van der Waals surface area contributed by atoms with E-state index in [-0.39, 0.29) is 17.9 Å². The number of hydrogen-bond acceptors (Lipinski definition) is 7. The van der Waals surface area contributed by atoms with E-state index in [0.717, 1.165) is 11.1 Å². The summed E-state index contributed by atoms with van der Waals surface area (Å²) in [5, 5.41) is 11.3. The molecule has 1 heterocycles. The number of benzene rings is 3. The molecule has 3 aromatic rings. The molecule has 1 N–H and O–H groups in total. The van der Waals surface area contributed by atoms with Crippen LogP contribution in [0.3, 0.4) is 0 Å². The van der Waals surface area contributed by atoms with Crippen molar-refractivity contribution < 1.29 is 24.1 Å². The van der Waals surface area contributed by atoms with Crippen molar-refractivity contribution in [1.29, 1.82) is 0 Å². The third kappa shape index (κ3) is 5.94. The average molecular weight is 488 g/mol. The molecule has 7 heteroatoms. The number of thioether (sulfide) groups is 1. The van der Waals surface area contributed by atoms with Gasteiger partial charge in [0.15, 0.2) is 11.5 Å². The number of methoxy groups -OCH3 is 1. The van der Waals surface area contributed by atoms with Crippen molar-refractivity contribution in [2.45, 2.75) is 13.5 Å². The van der Waals surface area contributed by atoms with Gasteiger partial charge in [-0.25, -0.2) is 9.79 Å². The van der Waals surface area contributed by atoms with Crippen LogP contribution in [-0.4, -0.2) is 29.8 Å². The molecule has 0 unspecified atom stereocenters. The Morgan fingerprint density at radius 2 is 1.71 bits per heavy atom. The highest BCUT2D eigenvalue weighted by atomic mass is 32.2.